The summed E-state index contributed by atoms with van der Waals surface area (Å²) in [7, 11) is 0. The van der Waals surface area contributed by atoms with Gasteiger partial charge in [0.1, 0.15) is 0 Å². The second-order valence-electron chi connectivity index (χ2n) is 5.55. The van der Waals surface area contributed by atoms with Crippen LogP contribution in [0, 0.1) is 5.92 Å². The number of hydrogen-bond donors (Lipinski definition) is 1. The summed E-state index contributed by atoms with van der Waals surface area (Å²) in [4.78, 5) is 25.2. The van der Waals surface area contributed by atoms with Gasteiger partial charge >= 0.3 is 5.97 Å². The molecular weight excluding hydrogens is 329 g/mol. The number of hydrogen-bond acceptors (Lipinski definition) is 3. The van der Waals surface area contributed by atoms with Crippen molar-refractivity contribution in [1.82, 2.24) is 4.90 Å². The van der Waals surface area contributed by atoms with Gasteiger partial charge < -0.3 is 14.7 Å². The van der Waals surface area contributed by atoms with Crippen LogP contribution in [0.2, 0.25) is 10.0 Å². The molecule has 5 nitrogen and oxygen atoms in total. The molecule has 1 heterocycles. The largest absolute Gasteiger partial charge is 0.480 e. The molecule has 2 aliphatic rings. The summed E-state index contributed by atoms with van der Waals surface area (Å²) < 4.78 is 5.16. The van der Waals surface area contributed by atoms with Crippen LogP contribution in [0.1, 0.15) is 17.9 Å². The van der Waals surface area contributed by atoms with Crippen LogP contribution >= 0.6 is 23.2 Å². The van der Waals surface area contributed by atoms with Crippen LogP contribution in [-0.4, -0.2) is 47.7 Å². The number of nitrogens with zero attached hydrogens (tertiary/aromatic N) is 1. The minimum Gasteiger partial charge on any atom is -0.480 e. The average Bonchev–Trinajstić information content (AvgIpc) is 3.29. The highest BCUT2D eigenvalue weighted by molar-refractivity contribution is 6.42. The van der Waals surface area contributed by atoms with E-state index in [0.717, 1.165) is 5.56 Å². The fourth-order valence-electron chi connectivity index (χ4n) is 2.90. The van der Waals surface area contributed by atoms with Crippen molar-refractivity contribution in [1.29, 1.82) is 0 Å². The molecule has 1 saturated heterocycles. The van der Waals surface area contributed by atoms with Crippen LogP contribution in [0.3, 0.4) is 0 Å². The normalized spacial score (nSPS) is 27.5. The van der Waals surface area contributed by atoms with Gasteiger partial charge in [0.05, 0.1) is 23.3 Å². The van der Waals surface area contributed by atoms with E-state index in [4.69, 9.17) is 27.9 Å². The van der Waals surface area contributed by atoms with Crippen LogP contribution in [-0.2, 0) is 14.3 Å². The zero-order valence-corrected chi connectivity index (χ0v) is 13.2. The lowest BCUT2D eigenvalue weighted by Crippen LogP contribution is -2.53. The first kappa shape index (κ1) is 15.6. The van der Waals surface area contributed by atoms with Crippen molar-refractivity contribution in [2.75, 3.05) is 19.8 Å². The van der Waals surface area contributed by atoms with E-state index in [1.165, 1.54) is 4.90 Å². The van der Waals surface area contributed by atoms with Crippen LogP contribution in [0.25, 0.3) is 0 Å². The second-order valence-corrected chi connectivity index (χ2v) is 6.34. The highest BCUT2D eigenvalue weighted by atomic mass is 35.5. The number of carbonyl (C=O) groups excluding carboxylic acids is 1. The highest BCUT2D eigenvalue weighted by Crippen LogP contribution is 2.51. The van der Waals surface area contributed by atoms with E-state index in [1.807, 2.05) is 6.07 Å². The van der Waals surface area contributed by atoms with Crippen LogP contribution in [0.5, 0.6) is 0 Å². The van der Waals surface area contributed by atoms with Gasteiger partial charge in [-0.25, -0.2) is 4.79 Å². The number of morpholine rings is 1. The number of halogens is 2. The van der Waals surface area contributed by atoms with Crippen molar-refractivity contribution in [3.05, 3.63) is 33.8 Å². The molecule has 3 atom stereocenters. The molecule has 2 fully saturated rings. The van der Waals surface area contributed by atoms with E-state index in [0.29, 0.717) is 29.6 Å². The number of amides is 1. The molecule has 1 aromatic rings. The smallest absolute Gasteiger partial charge is 0.328 e. The Morgan fingerprint density at radius 2 is 2.09 bits per heavy atom. The van der Waals surface area contributed by atoms with Gasteiger partial charge in [-0.05, 0) is 24.0 Å². The van der Waals surface area contributed by atoms with E-state index >= 15 is 0 Å². The number of rotatable bonds is 3. The molecule has 1 N–H and O–H groups in total. The van der Waals surface area contributed by atoms with Crippen LogP contribution in [0.15, 0.2) is 18.2 Å². The Morgan fingerprint density at radius 3 is 2.82 bits per heavy atom. The number of carbonyl (C=O) groups is 2. The molecule has 0 spiro atoms. The zero-order valence-electron chi connectivity index (χ0n) is 11.7. The number of carboxylic acid groups (broad SMARTS) is 1. The summed E-state index contributed by atoms with van der Waals surface area (Å²) in [5, 5.41) is 10.1. The van der Waals surface area contributed by atoms with Crippen LogP contribution in [0.4, 0.5) is 0 Å². The average molecular weight is 344 g/mol. The molecule has 0 bridgehead atoms. The Morgan fingerprint density at radius 1 is 1.32 bits per heavy atom. The van der Waals surface area contributed by atoms with Crippen molar-refractivity contribution < 1.29 is 19.4 Å². The predicted molar refractivity (Wildman–Crippen MR) is 81.3 cm³/mol. The summed E-state index contributed by atoms with van der Waals surface area (Å²) in [6.07, 6.45) is 0.669. The van der Waals surface area contributed by atoms with Gasteiger partial charge in [0.15, 0.2) is 6.04 Å². The SMILES string of the molecule is O=C(O)[C@@H]1COCCN1C(=O)[C@H]1C[C@@H]1c1cccc(Cl)c1Cl. The summed E-state index contributed by atoms with van der Waals surface area (Å²) in [5.74, 6) is -1.39. The topological polar surface area (TPSA) is 66.8 Å². The number of aliphatic carboxylic acids is 1. The Labute approximate surface area is 137 Å². The Balaban J connectivity index is 1.74. The minimum atomic E-state index is -1.04. The molecule has 0 radical (unpaired) electrons. The molecule has 1 aromatic carbocycles. The first-order valence-corrected chi connectivity index (χ1v) is 7.81. The molecule has 1 amide bonds. The lowest BCUT2D eigenvalue weighted by Gasteiger charge is -2.33. The first-order valence-electron chi connectivity index (χ1n) is 7.05. The van der Waals surface area contributed by atoms with Crippen molar-refractivity contribution in [3.8, 4) is 0 Å². The van der Waals surface area contributed by atoms with Gasteiger partial charge in [-0.3, -0.25) is 4.79 Å². The van der Waals surface area contributed by atoms with Gasteiger partial charge in [0.25, 0.3) is 0 Å². The molecule has 0 aromatic heterocycles. The van der Waals surface area contributed by atoms with E-state index in [-0.39, 0.29) is 24.3 Å². The molecule has 0 unspecified atom stereocenters. The molecule has 22 heavy (non-hydrogen) atoms. The summed E-state index contributed by atoms with van der Waals surface area (Å²) >= 11 is 12.2. The van der Waals surface area contributed by atoms with Gasteiger partial charge in [-0.15, -0.1) is 0 Å². The second kappa shape index (κ2) is 6.07. The zero-order chi connectivity index (χ0) is 15.9. The molecule has 7 heteroatoms. The standard InChI is InChI=1S/C15H15Cl2NO4/c16-11-3-1-2-8(13(11)17)9-6-10(9)14(19)18-4-5-22-7-12(18)15(20)21/h1-3,9-10,12H,4-7H2,(H,20,21)/t9-,10+,12+/m1/s1. The third kappa shape index (κ3) is 2.81. The fourth-order valence-corrected chi connectivity index (χ4v) is 3.35. The lowest BCUT2D eigenvalue weighted by atomic mass is 10.1. The number of carboxylic acids is 1. The Kier molecular flexibility index (Phi) is 4.30. The fraction of sp³-hybridized carbons (Fsp3) is 0.467. The van der Waals surface area contributed by atoms with E-state index in [9.17, 15) is 14.7 Å². The van der Waals surface area contributed by atoms with Gasteiger partial charge in [0.2, 0.25) is 5.91 Å². The number of benzene rings is 1. The molecule has 1 saturated carbocycles. The van der Waals surface area contributed by atoms with E-state index in [2.05, 4.69) is 0 Å². The number of ether oxygens (including phenoxy) is 1. The highest BCUT2D eigenvalue weighted by Gasteiger charge is 2.49. The van der Waals surface area contributed by atoms with E-state index in [1.54, 1.807) is 12.1 Å². The van der Waals surface area contributed by atoms with Crippen LogP contribution < -0.4 is 0 Å². The van der Waals surface area contributed by atoms with Crippen molar-refractivity contribution in [3.63, 3.8) is 0 Å². The van der Waals surface area contributed by atoms with Gasteiger partial charge in [-0.1, -0.05) is 35.3 Å². The lowest BCUT2D eigenvalue weighted by molar-refractivity contribution is -0.158. The monoisotopic (exact) mass is 343 g/mol. The molecule has 1 aliphatic heterocycles. The molecule has 1 aliphatic carbocycles. The third-order valence-corrected chi connectivity index (χ3v) is 5.02. The van der Waals surface area contributed by atoms with Crippen molar-refractivity contribution >= 4 is 35.1 Å². The minimum absolute atomic E-state index is 0.0102. The molecule has 3 rings (SSSR count). The van der Waals surface area contributed by atoms with Crippen molar-refractivity contribution in [2.45, 2.75) is 18.4 Å². The van der Waals surface area contributed by atoms with Gasteiger partial charge in [0, 0.05) is 12.5 Å². The summed E-state index contributed by atoms with van der Waals surface area (Å²) in [6.45, 7) is 0.712. The third-order valence-electron chi connectivity index (χ3n) is 4.19. The predicted octanol–water partition coefficient (Wildman–Crippen LogP) is 2.41. The summed E-state index contributed by atoms with van der Waals surface area (Å²) in [6, 6.07) is 4.46. The first-order chi connectivity index (χ1) is 10.5. The maximum atomic E-state index is 12.6. The van der Waals surface area contributed by atoms with E-state index < -0.39 is 12.0 Å². The maximum absolute atomic E-state index is 12.6. The Bertz CT molecular complexity index is 622. The Hall–Kier alpha value is -1.30. The molecular formula is C15H15Cl2NO4. The van der Waals surface area contributed by atoms with Gasteiger partial charge in [-0.2, -0.15) is 0 Å². The maximum Gasteiger partial charge on any atom is 0.328 e. The molecule has 118 valence electrons. The quantitative estimate of drug-likeness (QED) is 0.915. The summed E-state index contributed by atoms with van der Waals surface area (Å²) in [5.41, 5.74) is 0.854. The van der Waals surface area contributed by atoms with Crippen molar-refractivity contribution in [2.24, 2.45) is 5.92 Å².